The number of thiocarbonyl (C=S) groups is 1. The Hall–Kier alpha value is -4.11. The first-order valence-electron chi connectivity index (χ1n) is 12.3. The largest absolute Gasteiger partial charge is 0.352 e. The molecule has 38 heavy (non-hydrogen) atoms. The van der Waals surface area contributed by atoms with Crippen molar-refractivity contribution in [1.82, 2.24) is 19.8 Å². The molecular weight excluding hydrogens is 504 g/mol. The van der Waals surface area contributed by atoms with Crippen molar-refractivity contribution >= 4 is 28.9 Å². The molecule has 0 radical (unpaired) electrons. The van der Waals surface area contributed by atoms with E-state index in [9.17, 15) is 13.6 Å². The van der Waals surface area contributed by atoms with Crippen LogP contribution in [0.15, 0.2) is 79.0 Å². The van der Waals surface area contributed by atoms with Crippen molar-refractivity contribution in [3.8, 4) is 5.69 Å². The first-order chi connectivity index (χ1) is 18.3. The summed E-state index contributed by atoms with van der Waals surface area (Å²) in [6, 6.07) is 19.5. The molecule has 0 bridgehead atoms. The molecule has 9 heteroatoms. The molecule has 0 spiro atoms. The lowest BCUT2D eigenvalue weighted by atomic mass is 9.96. The molecule has 6 nitrogen and oxygen atoms in total. The maximum absolute atomic E-state index is 13.6. The predicted octanol–water partition coefficient (Wildman–Crippen LogP) is 5.77. The zero-order valence-electron chi connectivity index (χ0n) is 21.0. The number of carbonyl (C=O) groups is 1. The van der Waals surface area contributed by atoms with Crippen LogP contribution in [0.2, 0.25) is 0 Å². The van der Waals surface area contributed by atoms with Crippen LogP contribution in [0.25, 0.3) is 5.69 Å². The molecule has 2 aromatic heterocycles. The molecule has 2 unspecified atom stereocenters. The van der Waals surface area contributed by atoms with Gasteiger partial charge >= 0.3 is 0 Å². The predicted molar refractivity (Wildman–Crippen MR) is 147 cm³/mol. The van der Waals surface area contributed by atoms with Gasteiger partial charge in [0.1, 0.15) is 11.6 Å². The van der Waals surface area contributed by atoms with E-state index in [1.807, 2.05) is 36.9 Å². The van der Waals surface area contributed by atoms with Gasteiger partial charge in [-0.3, -0.25) is 9.78 Å². The van der Waals surface area contributed by atoms with Gasteiger partial charge in [-0.15, -0.1) is 0 Å². The number of carbonyl (C=O) groups excluding carboxylic acids is 1. The molecule has 0 aliphatic carbocycles. The Bertz CT molecular complexity index is 1460. The number of halogens is 2. The number of aromatic nitrogens is 2. The zero-order valence-corrected chi connectivity index (χ0v) is 21.8. The summed E-state index contributed by atoms with van der Waals surface area (Å²) in [6.07, 6.45) is 1.93. The van der Waals surface area contributed by atoms with Crippen molar-refractivity contribution in [1.29, 1.82) is 0 Å². The monoisotopic (exact) mass is 531 g/mol. The van der Waals surface area contributed by atoms with Crippen LogP contribution in [0.4, 0.5) is 14.5 Å². The summed E-state index contributed by atoms with van der Waals surface area (Å²) in [7, 11) is 0. The Morgan fingerprint density at radius 2 is 1.71 bits per heavy atom. The van der Waals surface area contributed by atoms with Crippen molar-refractivity contribution in [2.45, 2.75) is 32.4 Å². The van der Waals surface area contributed by atoms with E-state index in [2.05, 4.69) is 26.3 Å². The standard InChI is InChI=1S/C29H27F2N5OS/c1-18-17-24(19(2)36(18)23-12-8-21(31)9-13-23)28-27(25-5-3-4-15-32-25)34-29(38)35(28)16-14-26(37)33-22-10-6-20(30)7-11-22/h3-13,15,17,27-28H,14,16H2,1-2H3,(H,33,37)(H,34,38). The van der Waals surface area contributed by atoms with Gasteiger partial charge in [0.25, 0.3) is 0 Å². The van der Waals surface area contributed by atoms with Gasteiger partial charge in [0, 0.05) is 41.9 Å². The lowest BCUT2D eigenvalue weighted by Gasteiger charge is -2.28. The molecule has 2 N–H and O–H groups in total. The maximum atomic E-state index is 13.6. The molecule has 1 aliphatic heterocycles. The van der Waals surface area contributed by atoms with Crippen molar-refractivity contribution in [3.05, 3.63) is 113 Å². The Labute approximate surface area is 225 Å². The van der Waals surface area contributed by atoms with Crippen LogP contribution in [-0.4, -0.2) is 32.0 Å². The molecule has 4 aromatic rings. The second-order valence-corrected chi connectivity index (χ2v) is 9.65. The highest BCUT2D eigenvalue weighted by Crippen LogP contribution is 2.41. The van der Waals surface area contributed by atoms with E-state index in [4.69, 9.17) is 12.2 Å². The smallest absolute Gasteiger partial charge is 0.226 e. The zero-order chi connectivity index (χ0) is 26.8. The topological polar surface area (TPSA) is 62.2 Å². The van der Waals surface area contributed by atoms with E-state index >= 15 is 0 Å². The van der Waals surface area contributed by atoms with Gasteiger partial charge in [-0.2, -0.15) is 0 Å². The number of pyridine rings is 1. The number of nitrogens with zero attached hydrogens (tertiary/aromatic N) is 3. The third-order valence-corrected chi connectivity index (χ3v) is 7.13. The Morgan fingerprint density at radius 1 is 1.03 bits per heavy atom. The highest BCUT2D eigenvalue weighted by molar-refractivity contribution is 7.80. The molecule has 3 heterocycles. The summed E-state index contributed by atoms with van der Waals surface area (Å²) < 4.78 is 28.9. The number of nitrogens with one attached hydrogen (secondary N) is 2. The lowest BCUT2D eigenvalue weighted by Crippen LogP contribution is -2.32. The summed E-state index contributed by atoms with van der Waals surface area (Å²) in [4.78, 5) is 19.4. The van der Waals surface area contributed by atoms with Crippen molar-refractivity contribution in [3.63, 3.8) is 0 Å². The van der Waals surface area contributed by atoms with Crippen LogP contribution >= 0.6 is 12.2 Å². The van der Waals surface area contributed by atoms with Gasteiger partial charge in [0.05, 0.1) is 17.8 Å². The van der Waals surface area contributed by atoms with Gasteiger partial charge in [-0.1, -0.05) is 6.07 Å². The van der Waals surface area contributed by atoms with E-state index < -0.39 is 0 Å². The minimum Gasteiger partial charge on any atom is -0.352 e. The molecule has 1 amide bonds. The molecule has 1 aliphatic rings. The van der Waals surface area contributed by atoms with E-state index in [-0.39, 0.29) is 36.0 Å². The first-order valence-corrected chi connectivity index (χ1v) is 12.7. The average Bonchev–Trinajstić information content (AvgIpc) is 3.39. The number of amides is 1. The Balaban J connectivity index is 1.46. The fraction of sp³-hybridized carbons (Fsp3) is 0.207. The number of benzene rings is 2. The van der Waals surface area contributed by atoms with Gasteiger partial charge in [-0.05, 0) is 98.4 Å². The first kappa shape index (κ1) is 25.5. The fourth-order valence-electron chi connectivity index (χ4n) is 5.04. The molecule has 194 valence electrons. The Kier molecular flexibility index (Phi) is 7.20. The van der Waals surface area contributed by atoms with Gasteiger partial charge in [0.2, 0.25) is 5.91 Å². The number of rotatable bonds is 7. The van der Waals surface area contributed by atoms with Crippen LogP contribution < -0.4 is 10.6 Å². The van der Waals surface area contributed by atoms with Crippen LogP contribution in [0.3, 0.4) is 0 Å². The molecule has 2 aromatic carbocycles. The molecule has 2 atom stereocenters. The van der Waals surface area contributed by atoms with Crippen LogP contribution in [-0.2, 0) is 4.79 Å². The summed E-state index contributed by atoms with van der Waals surface area (Å²) in [5.74, 6) is -0.851. The molecule has 1 saturated heterocycles. The van der Waals surface area contributed by atoms with E-state index in [0.717, 1.165) is 28.3 Å². The summed E-state index contributed by atoms with van der Waals surface area (Å²) >= 11 is 5.75. The lowest BCUT2D eigenvalue weighted by molar-refractivity contribution is -0.116. The highest BCUT2D eigenvalue weighted by atomic mass is 32.1. The van der Waals surface area contributed by atoms with Crippen molar-refractivity contribution in [2.75, 3.05) is 11.9 Å². The normalized spacial score (nSPS) is 16.9. The maximum Gasteiger partial charge on any atom is 0.226 e. The minimum absolute atomic E-state index is 0.182. The SMILES string of the molecule is Cc1cc(C2C(c3ccccn3)NC(=S)N2CCC(=O)Nc2ccc(F)cc2)c(C)n1-c1ccc(F)cc1. The summed E-state index contributed by atoms with van der Waals surface area (Å²) in [5, 5.41) is 6.76. The van der Waals surface area contributed by atoms with E-state index in [1.54, 1.807) is 18.3 Å². The second-order valence-electron chi connectivity index (χ2n) is 9.26. The van der Waals surface area contributed by atoms with E-state index in [0.29, 0.717) is 17.3 Å². The molecule has 0 saturated carbocycles. The molecule has 5 rings (SSSR count). The Morgan fingerprint density at radius 3 is 2.37 bits per heavy atom. The van der Waals surface area contributed by atoms with Crippen LogP contribution in [0.5, 0.6) is 0 Å². The number of hydrogen-bond acceptors (Lipinski definition) is 3. The van der Waals surface area contributed by atoms with Crippen LogP contribution in [0, 0.1) is 25.5 Å². The molecular formula is C29H27F2N5OS. The van der Waals surface area contributed by atoms with Crippen LogP contribution in [0.1, 0.15) is 41.1 Å². The minimum atomic E-state index is -0.363. The van der Waals surface area contributed by atoms with Gasteiger partial charge in [-0.25, -0.2) is 8.78 Å². The van der Waals surface area contributed by atoms with Gasteiger partial charge in [0.15, 0.2) is 5.11 Å². The highest BCUT2D eigenvalue weighted by Gasteiger charge is 2.41. The summed E-state index contributed by atoms with van der Waals surface area (Å²) in [6.45, 7) is 4.41. The van der Waals surface area contributed by atoms with E-state index in [1.165, 1.54) is 36.4 Å². The van der Waals surface area contributed by atoms with Crippen molar-refractivity contribution in [2.24, 2.45) is 0 Å². The summed E-state index contributed by atoms with van der Waals surface area (Å²) in [5.41, 5.74) is 5.26. The molecule has 1 fully saturated rings. The number of hydrogen-bond donors (Lipinski definition) is 2. The van der Waals surface area contributed by atoms with Gasteiger partial charge < -0.3 is 20.1 Å². The third kappa shape index (κ3) is 5.15. The van der Waals surface area contributed by atoms with Crippen molar-refractivity contribution < 1.29 is 13.6 Å². The number of aryl methyl sites for hydroxylation is 1. The second kappa shape index (κ2) is 10.7. The quantitative estimate of drug-likeness (QED) is 0.297. The number of anilines is 1. The average molecular weight is 532 g/mol. The fourth-order valence-corrected chi connectivity index (χ4v) is 5.37. The third-order valence-electron chi connectivity index (χ3n) is 6.78.